The number of methoxy groups -OCH3 is 1. The van der Waals surface area contributed by atoms with E-state index in [1.165, 1.54) is 7.11 Å². The van der Waals surface area contributed by atoms with Crippen LogP contribution in [0, 0.1) is 0 Å². The van der Waals surface area contributed by atoms with Crippen molar-refractivity contribution >= 4 is 0 Å². The summed E-state index contributed by atoms with van der Waals surface area (Å²) >= 11 is 0. The summed E-state index contributed by atoms with van der Waals surface area (Å²) in [7, 11) is 1.53. The second kappa shape index (κ2) is 7.45. The van der Waals surface area contributed by atoms with Gasteiger partial charge in [-0.3, -0.25) is 0 Å². The van der Waals surface area contributed by atoms with Crippen LogP contribution in [-0.2, 0) is 4.74 Å². The molecule has 5 nitrogen and oxygen atoms in total. The molecule has 0 aromatic heterocycles. The summed E-state index contributed by atoms with van der Waals surface area (Å²) in [5.41, 5.74) is 0. The summed E-state index contributed by atoms with van der Waals surface area (Å²) in [5.74, 6) is 0. The van der Waals surface area contributed by atoms with E-state index in [2.05, 4.69) is 5.32 Å². The molecule has 1 unspecified atom stereocenters. The van der Waals surface area contributed by atoms with Gasteiger partial charge in [0, 0.05) is 13.7 Å². The van der Waals surface area contributed by atoms with Crippen LogP contribution in [0.2, 0.25) is 0 Å². The standard InChI is InChI=1S/C7H17NO4/c1-12-5-6(3-9)8-2-7(11)4-10/h6-11H,2-5H2,1H3/t6?,7-/m0/s1. The summed E-state index contributed by atoms with van der Waals surface area (Å²) in [6, 6.07) is -0.184. The van der Waals surface area contributed by atoms with Gasteiger partial charge in [-0.2, -0.15) is 0 Å². The topological polar surface area (TPSA) is 82.0 Å². The highest BCUT2D eigenvalue weighted by Crippen LogP contribution is 1.85. The number of ether oxygens (including phenoxy) is 1. The van der Waals surface area contributed by atoms with Gasteiger partial charge < -0.3 is 25.4 Å². The fourth-order valence-electron chi connectivity index (χ4n) is 0.745. The van der Waals surface area contributed by atoms with Gasteiger partial charge in [0.2, 0.25) is 0 Å². The van der Waals surface area contributed by atoms with Crippen molar-refractivity contribution < 1.29 is 20.1 Å². The van der Waals surface area contributed by atoms with Crippen LogP contribution in [0.3, 0.4) is 0 Å². The molecule has 0 saturated carbocycles. The van der Waals surface area contributed by atoms with Gasteiger partial charge in [0.1, 0.15) is 0 Å². The largest absolute Gasteiger partial charge is 0.395 e. The second-order valence-electron chi connectivity index (χ2n) is 2.58. The minimum atomic E-state index is -0.782. The van der Waals surface area contributed by atoms with Crippen molar-refractivity contribution in [2.24, 2.45) is 0 Å². The molecule has 0 spiro atoms. The molecule has 0 aliphatic rings. The molecule has 12 heavy (non-hydrogen) atoms. The molecule has 0 saturated heterocycles. The number of hydrogen-bond acceptors (Lipinski definition) is 5. The Morgan fingerprint density at radius 3 is 2.42 bits per heavy atom. The van der Waals surface area contributed by atoms with Crippen LogP contribution < -0.4 is 5.32 Å². The van der Waals surface area contributed by atoms with E-state index in [0.29, 0.717) is 6.61 Å². The molecule has 0 aromatic rings. The highest BCUT2D eigenvalue weighted by Gasteiger charge is 2.08. The third kappa shape index (κ3) is 5.45. The smallest absolute Gasteiger partial charge is 0.0895 e. The molecule has 0 aliphatic heterocycles. The monoisotopic (exact) mass is 179 g/mol. The van der Waals surface area contributed by atoms with Crippen molar-refractivity contribution in [3.8, 4) is 0 Å². The molecular weight excluding hydrogens is 162 g/mol. The van der Waals surface area contributed by atoms with E-state index < -0.39 is 6.10 Å². The van der Waals surface area contributed by atoms with Crippen LogP contribution in [0.1, 0.15) is 0 Å². The second-order valence-corrected chi connectivity index (χ2v) is 2.58. The third-order valence-electron chi connectivity index (χ3n) is 1.44. The zero-order valence-corrected chi connectivity index (χ0v) is 7.23. The molecule has 0 rings (SSSR count). The average molecular weight is 179 g/mol. The molecule has 0 amide bonds. The van der Waals surface area contributed by atoms with Gasteiger partial charge in [0.05, 0.1) is 32.0 Å². The van der Waals surface area contributed by atoms with Crippen LogP contribution in [0.25, 0.3) is 0 Å². The highest BCUT2D eigenvalue weighted by molar-refractivity contribution is 4.67. The van der Waals surface area contributed by atoms with E-state index in [0.717, 1.165) is 0 Å². The Morgan fingerprint density at radius 2 is 2.00 bits per heavy atom. The molecule has 0 radical (unpaired) electrons. The summed E-state index contributed by atoms with van der Waals surface area (Å²) in [5, 5.41) is 29.0. The highest BCUT2D eigenvalue weighted by atomic mass is 16.5. The fraction of sp³-hybridized carbons (Fsp3) is 1.00. The van der Waals surface area contributed by atoms with Gasteiger partial charge in [0.25, 0.3) is 0 Å². The summed E-state index contributed by atoms with van der Waals surface area (Å²) in [4.78, 5) is 0. The van der Waals surface area contributed by atoms with E-state index in [9.17, 15) is 0 Å². The van der Waals surface area contributed by atoms with Gasteiger partial charge >= 0.3 is 0 Å². The molecule has 2 atom stereocenters. The van der Waals surface area contributed by atoms with Crippen molar-refractivity contribution in [1.29, 1.82) is 0 Å². The Morgan fingerprint density at radius 1 is 1.33 bits per heavy atom. The number of nitrogens with one attached hydrogen (secondary N) is 1. The number of hydrogen-bond donors (Lipinski definition) is 4. The molecule has 5 heteroatoms. The van der Waals surface area contributed by atoms with Gasteiger partial charge in [-0.1, -0.05) is 0 Å². The van der Waals surface area contributed by atoms with Crippen molar-refractivity contribution in [2.45, 2.75) is 12.1 Å². The first kappa shape index (κ1) is 11.8. The van der Waals surface area contributed by atoms with Crippen molar-refractivity contribution in [3.05, 3.63) is 0 Å². The fourth-order valence-corrected chi connectivity index (χ4v) is 0.745. The first-order valence-corrected chi connectivity index (χ1v) is 3.86. The number of aliphatic hydroxyl groups is 3. The Balaban J connectivity index is 3.43. The van der Waals surface area contributed by atoms with E-state index in [4.69, 9.17) is 20.1 Å². The van der Waals surface area contributed by atoms with E-state index in [1.807, 2.05) is 0 Å². The molecule has 0 aliphatic carbocycles. The SMILES string of the molecule is COCC(CO)NC[C@H](O)CO. The number of aliphatic hydroxyl groups excluding tert-OH is 3. The molecule has 0 heterocycles. The van der Waals surface area contributed by atoms with Crippen LogP contribution in [0.5, 0.6) is 0 Å². The van der Waals surface area contributed by atoms with Crippen molar-refractivity contribution in [2.75, 3.05) is 33.5 Å². The van der Waals surface area contributed by atoms with E-state index in [-0.39, 0.29) is 25.8 Å². The molecule has 4 N–H and O–H groups in total. The normalized spacial score (nSPS) is 16.0. The third-order valence-corrected chi connectivity index (χ3v) is 1.44. The summed E-state index contributed by atoms with van der Waals surface area (Å²) in [6.45, 7) is 0.309. The van der Waals surface area contributed by atoms with Gasteiger partial charge in [-0.05, 0) is 0 Å². The predicted octanol–water partition coefficient (Wildman–Crippen LogP) is -2.06. The maximum atomic E-state index is 8.94. The Kier molecular flexibility index (Phi) is 7.33. The lowest BCUT2D eigenvalue weighted by Crippen LogP contribution is -2.41. The van der Waals surface area contributed by atoms with Gasteiger partial charge in [0.15, 0.2) is 0 Å². The predicted molar refractivity (Wildman–Crippen MR) is 43.8 cm³/mol. The minimum absolute atomic E-state index is 0.0496. The minimum Gasteiger partial charge on any atom is -0.395 e. The zero-order chi connectivity index (χ0) is 9.40. The Labute approximate surface area is 72.0 Å². The molecule has 74 valence electrons. The molecule has 0 bridgehead atoms. The summed E-state index contributed by atoms with van der Waals surface area (Å²) in [6.07, 6.45) is -0.782. The Hall–Kier alpha value is -0.200. The zero-order valence-electron chi connectivity index (χ0n) is 7.23. The number of rotatable bonds is 7. The van der Waals surface area contributed by atoms with Crippen LogP contribution >= 0.6 is 0 Å². The Bertz CT molecular complexity index is 101. The summed E-state index contributed by atoms with van der Waals surface area (Å²) < 4.78 is 4.79. The lowest BCUT2D eigenvalue weighted by Gasteiger charge is -2.16. The van der Waals surface area contributed by atoms with Crippen LogP contribution in [-0.4, -0.2) is 60.9 Å². The quantitative estimate of drug-likeness (QED) is 0.361. The van der Waals surface area contributed by atoms with Gasteiger partial charge in [-0.25, -0.2) is 0 Å². The average Bonchev–Trinajstić information content (AvgIpc) is 2.11. The van der Waals surface area contributed by atoms with E-state index in [1.54, 1.807) is 0 Å². The van der Waals surface area contributed by atoms with E-state index >= 15 is 0 Å². The van der Waals surface area contributed by atoms with Crippen LogP contribution in [0.4, 0.5) is 0 Å². The maximum absolute atomic E-state index is 8.94. The van der Waals surface area contributed by atoms with Crippen molar-refractivity contribution in [3.63, 3.8) is 0 Å². The van der Waals surface area contributed by atoms with Crippen molar-refractivity contribution in [1.82, 2.24) is 5.32 Å². The lowest BCUT2D eigenvalue weighted by atomic mass is 10.3. The van der Waals surface area contributed by atoms with Gasteiger partial charge in [-0.15, -0.1) is 0 Å². The molecular formula is C7H17NO4. The first-order valence-electron chi connectivity index (χ1n) is 3.86. The first-order chi connectivity index (χ1) is 5.74. The molecule has 0 fully saturated rings. The lowest BCUT2D eigenvalue weighted by molar-refractivity contribution is 0.0775. The maximum Gasteiger partial charge on any atom is 0.0895 e. The molecule has 0 aromatic carbocycles. The van der Waals surface area contributed by atoms with Crippen LogP contribution in [0.15, 0.2) is 0 Å².